The fraction of sp³-hybridized carbons (Fsp3) is 0.500. The van der Waals surface area contributed by atoms with E-state index in [9.17, 15) is 0 Å². The molecule has 1 unspecified atom stereocenters. The van der Waals surface area contributed by atoms with Crippen LogP contribution >= 0.6 is 23.2 Å². The average molecular weight is 365 g/mol. The number of halogens is 2. The molecule has 0 spiro atoms. The van der Waals surface area contributed by atoms with Crippen LogP contribution in [0.25, 0.3) is 0 Å². The molecule has 2 N–H and O–H groups in total. The topological polar surface area (TPSA) is 24.1 Å². The van der Waals surface area contributed by atoms with E-state index in [2.05, 4.69) is 41.0 Å². The Hall–Kier alpha value is -0.800. The summed E-state index contributed by atoms with van der Waals surface area (Å²) in [6.45, 7) is 0.758. The maximum atomic E-state index is 6.76. The highest BCUT2D eigenvalue weighted by Gasteiger charge is 2.42. The molecule has 4 heteroatoms. The van der Waals surface area contributed by atoms with Crippen molar-refractivity contribution in [3.8, 4) is 0 Å². The number of alkyl halides is 1. The lowest BCUT2D eigenvalue weighted by Crippen LogP contribution is -2.59. The molecule has 2 aliphatic rings. The number of hydrogen-bond acceptors (Lipinski definition) is 2. The van der Waals surface area contributed by atoms with Gasteiger partial charge in [0.05, 0.1) is 10.4 Å². The first-order valence-corrected chi connectivity index (χ1v) is 9.56. The predicted octanol–water partition coefficient (Wildman–Crippen LogP) is 4.78. The lowest BCUT2D eigenvalue weighted by Gasteiger charge is -2.46. The maximum Gasteiger partial charge on any atom is 0.0787 e. The van der Waals surface area contributed by atoms with Crippen LogP contribution in [0, 0.1) is 0 Å². The average Bonchev–Trinajstić information content (AvgIpc) is 2.61. The molecule has 2 aliphatic carbocycles. The minimum absolute atomic E-state index is 0.141. The van der Waals surface area contributed by atoms with Crippen molar-refractivity contribution in [3.63, 3.8) is 0 Å². The second-order valence-electron chi connectivity index (χ2n) is 6.91. The molecule has 3 rings (SSSR count). The number of allylic oxidation sites excluding steroid dienone is 3. The van der Waals surface area contributed by atoms with Gasteiger partial charge in [-0.25, -0.2) is 0 Å². The van der Waals surface area contributed by atoms with Crippen LogP contribution in [0.1, 0.15) is 37.7 Å². The van der Waals surface area contributed by atoms with Gasteiger partial charge in [-0.05, 0) is 37.9 Å². The number of nitrogens with one attached hydrogen (secondary N) is 2. The Kier molecular flexibility index (Phi) is 5.71. The van der Waals surface area contributed by atoms with E-state index in [-0.39, 0.29) is 10.4 Å². The van der Waals surface area contributed by atoms with Gasteiger partial charge >= 0.3 is 0 Å². The van der Waals surface area contributed by atoms with Gasteiger partial charge in [-0.1, -0.05) is 66.9 Å². The molecule has 1 aromatic rings. The third kappa shape index (κ3) is 3.57. The first-order valence-electron chi connectivity index (χ1n) is 8.80. The molecular weight excluding hydrogens is 339 g/mol. The number of likely N-dealkylation sites (N-methyl/N-ethyl adjacent to an activating group) is 1. The van der Waals surface area contributed by atoms with E-state index in [0.29, 0.717) is 6.04 Å². The molecule has 0 aromatic heterocycles. The second-order valence-corrected chi connectivity index (χ2v) is 8.07. The summed E-state index contributed by atoms with van der Waals surface area (Å²) in [5, 5.41) is 8.20. The molecular formula is C20H26Cl2N2. The minimum atomic E-state index is -0.327. The van der Waals surface area contributed by atoms with E-state index in [0.717, 1.165) is 30.8 Å². The van der Waals surface area contributed by atoms with Crippen LogP contribution in [0.2, 0.25) is 5.02 Å². The summed E-state index contributed by atoms with van der Waals surface area (Å²) in [5.74, 6) is 0. The van der Waals surface area contributed by atoms with Gasteiger partial charge in [0.15, 0.2) is 0 Å². The Morgan fingerprint density at radius 1 is 1.21 bits per heavy atom. The normalized spacial score (nSPS) is 32.9. The van der Waals surface area contributed by atoms with Gasteiger partial charge in [0.2, 0.25) is 0 Å². The number of hydrogen-bond donors (Lipinski definition) is 2. The molecule has 1 aromatic carbocycles. The number of rotatable bonds is 5. The monoisotopic (exact) mass is 364 g/mol. The lowest BCUT2D eigenvalue weighted by molar-refractivity contribution is 0.176. The molecule has 0 amide bonds. The molecule has 0 radical (unpaired) electrons. The molecule has 3 atom stereocenters. The smallest absolute Gasteiger partial charge is 0.0787 e. The van der Waals surface area contributed by atoms with Crippen molar-refractivity contribution in [1.29, 1.82) is 0 Å². The van der Waals surface area contributed by atoms with Crippen LogP contribution in [-0.4, -0.2) is 24.5 Å². The van der Waals surface area contributed by atoms with E-state index < -0.39 is 0 Å². The summed E-state index contributed by atoms with van der Waals surface area (Å²) < 4.78 is 0. The zero-order valence-corrected chi connectivity index (χ0v) is 15.7. The third-order valence-electron chi connectivity index (χ3n) is 5.45. The molecule has 0 aliphatic heterocycles. The van der Waals surface area contributed by atoms with Gasteiger partial charge < -0.3 is 10.6 Å². The third-order valence-corrected chi connectivity index (χ3v) is 6.19. The van der Waals surface area contributed by atoms with Gasteiger partial charge in [0.1, 0.15) is 0 Å². The van der Waals surface area contributed by atoms with Crippen LogP contribution in [0.15, 0.2) is 48.6 Å². The van der Waals surface area contributed by atoms with Crippen LogP contribution < -0.4 is 10.6 Å². The van der Waals surface area contributed by atoms with Crippen LogP contribution in [-0.2, 0) is 5.54 Å². The molecule has 0 bridgehead atoms. The van der Waals surface area contributed by atoms with Crippen molar-refractivity contribution in [1.82, 2.24) is 10.6 Å². The van der Waals surface area contributed by atoms with Gasteiger partial charge in [-0.2, -0.15) is 0 Å². The molecule has 24 heavy (non-hydrogen) atoms. The van der Waals surface area contributed by atoms with E-state index >= 15 is 0 Å². The first kappa shape index (κ1) is 18.0. The standard InChI is InChI=1S/C20H26Cl2N2/c1-23-20(16-9-3-4-10-17(16)21)14-8-5-11-18(20)24-15-19(22)12-6-2-7-13-19/h2-4,6-7,9-10,12,18,23-24H,5,8,11,13-15H2,1H3/t18-,19?,20+/m0/s1. The van der Waals surface area contributed by atoms with Crippen molar-refractivity contribution >= 4 is 23.2 Å². The Labute approximate surface area is 155 Å². The fourth-order valence-electron chi connectivity index (χ4n) is 4.09. The summed E-state index contributed by atoms with van der Waals surface area (Å²) in [6.07, 6.45) is 13.8. The Bertz CT molecular complexity index is 628. The van der Waals surface area contributed by atoms with Crippen molar-refractivity contribution in [3.05, 3.63) is 59.2 Å². The first-order chi connectivity index (χ1) is 11.6. The molecule has 1 saturated carbocycles. The maximum absolute atomic E-state index is 6.76. The van der Waals surface area contributed by atoms with Crippen LogP contribution in [0.4, 0.5) is 0 Å². The molecule has 1 fully saturated rings. The number of benzene rings is 1. The Morgan fingerprint density at radius 3 is 2.75 bits per heavy atom. The van der Waals surface area contributed by atoms with E-state index in [1.165, 1.54) is 18.4 Å². The molecule has 2 nitrogen and oxygen atoms in total. The molecule has 0 heterocycles. The van der Waals surface area contributed by atoms with E-state index in [1.54, 1.807) is 0 Å². The highest BCUT2D eigenvalue weighted by Crippen LogP contribution is 2.40. The summed E-state index contributed by atoms with van der Waals surface area (Å²) in [7, 11) is 2.04. The zero-order chi connectivity index (χ0) is 17.0. The van der Waals surface area contributed by atoms with E-state index in [1.807, 2.05) is 25.3 Å². The van der Waals surface area contributed by atoms with Crippen molar-refractivity contribution in [2.45, 2.75) is 48.6 Å². The van der Waals surface area contributed by atoms with Crippen LogP contribution in [0.5, 0.6) is 0 Å². The van der Waals surface area contributed by atoms with Gasteiger partial charge in [-0.15, -0.1) is 11.6 Å². The van der Waals surface area contributed by atoms with Gasteiger partial charge in [0.25, 0.3) is 0 Å². The van der Waals surface area contributed by atoms with Crippen LogP contribution in [0.3, 0.4) is 0 Å². The van der Waals surface area contributed by atoms with E-state index in [4.69, 9.17) is 23.2 Å². The quantitative estimate of drug-likeness (QED) is 0.734. The molecule has 0 saturated heterocycles. The summed E-state index contributed by atoms with van der Waals surface area (Å²) in [5.41, 5.74) is 1.05. The SMILES string of the molecule is CN[C@@]1(c2ccccc2Cl)CCCC[C@@H]1NCC1(Cl)C=CC=CC1. The fourth-order valence-corrected chi connectivity index (χ4v) is 4.63. The summed E-state index contributed by atoms with van der Waals surface area (Å²) in [4.78, 5) is -0.327. The highest BCUT2D eigenvalue weighted by molar-refractivity contribution is 6.31. The second kappa shape index (κ2) is 7.61. The minimum Gasteiger partial charge on any atom is -0.310 e. The Morgan fingerprint density at radius 2 is 2.04 bits per heavy atom. The summed E-state index contributed by atoms with van der Waals surface area (Å²) in [6, 6.07) is 8.51. The van der Waals surface area contributed by atoms with Gasteiger partial charge in [-0.3, -0.25) is 0 Å². The van der Waals surface area contributed by atoms with Crippen molar-refractivity contribution in [2.24, 2.45) is 0 Å². The zero-order valence-electron chi connectivity index (χ0n) is 14.2. The predicted molar refractivity (Wildman–Crippen MR) is 104 cm³/mol. The summed E-state index contributed by atoms with van der Waals surface area (Å²) >= 11 is 13.3. The highest BCUT2D eigenvalue weighted by atomic mass is 35.5. The van der Waals surface area contributed by atoms with Crippen molar-refractivity contribution < 1.29 is 0 Å². The lowest BCUT2D eigenvalue weighted by atomic mass is 9.72. The Balaban J connectivity index is 1.83. The largest absolute Gasteiger partial charge is 0.310 e. The van der Waals surface area contributed by atoms with Gasteiger partial charge in [0, 0.05) is 17.6 Å². The van der Waals surface area contributed by atoms with Crippen molar-refractivity contribution in [2.75, 3.05) is 13.6 Å². The molecule has 130 valence electrons.